The molecule has 5 rings (SSSR count). The molecule has 5 heteroatoms. The van der Waals surface area contributed by atoms with Crippen molar-refractivity contribution in [2.45, 2.75) is 27.7 Å². The van der Waals surface area contributed by atoms with E-state index in [1.165, 1.54) is 22.3 Å². The zero-order chi connectivity index (χ0) is 19.4. The number of rotatable bonds is 0. The van der Waals surface area contributed by atoms with E-state index in [1.807, 2.05) is 12.2 Å². The molecular weight excluding hydrogens is 403 g/mol. The van der Waals surface area contributed by atoms with Gasteiger partial charge >= 0.3 is 0 Å². The van der Waals surface area contributed by atoms with Gasteiger partial charge in [-0.3, -0.25) is 0 Å². The molecule has 0 saturated carbocycles. The van der Waals surface area contributed by atoms with E-state index in [0.29, 0.717) is 0 Å². The molecule has 0 aromatic carbocycles. The van der Waals surface area contributed by atoms with Crippen molar-refractivity contribution < 1.29 is 16.8 Å². The van der Waals surface area contributed by atoms with Crippen molar-refractivity contribution in [1.29, 1.82) is 0 Å². The first-order valence-corrected chi connectivity index (χ1v) is 9.53. The van der Waals surface area contributed by atoms with Crippen molar-refractivity contribution in [2.75, 3.05) is 0 Å². The minimum atomic E-state index is 0. The Bertz CT molecular complexity index is 1350. The summed E-state index contributed by atoms with van der Waals surface area (Å²) in [4.78, 5) is 16.7. The molecule has 0 fully saturated rings. The Morgan fingerprint density at radius 3 is 2.14 bits per heavy atom. The normalized spacial score (nSPS) is 13.0. The van der Waals surface area contributed by atoms with Gasteiger partial charge in [0.05, 0.1) is 22.8 Å². The minimum Gasteiger partial charge on any atom is -0.355 e. The number of aromatic nitrogens is 4. The molecule has 8 bridgehead atoms. The van der Waals surface area contributed by atoms with Crippen LogP contribution in [0.5, 0.6) is 0 Å². The molecule has 2 N–H and O–H groups in total. The topological polar surface area (TPSA) is 57.4 Å². The molecule has 3 aromatic heterocycles. The Morgan fingerprint density at radius 1 is 0.690 bits per heavy atom. The number of allylic oxidation sites excluding steroid dienone is 2. The molecule has 0 spiro atoms. The van der Waals surface area contributed by atoms with Crippen LogP contribution in [0.4, 0.5) is 0 Å². The summed E-state index contributed by atoms with van der Waals surface area (Å²) in [6.07, 6.45) is 4.08. The molecule has 2 aliphatic rings. The third-order valence-corrected chi connectivity index (χ3v) is 5.61. The fraction of sp³-hybridized carbons (Fsp3) is 0.167. The first-order chi connectivity index (χ1) is 13.5. The second-order valence-electron chi connectivity index (χ2n) is 7.60. The van der Waals surface area contributed by atoms with E-state index in [4.69, 9.17) is 9.97 Å². The number of aryl methyl sites for hydroxylation is 2. The van der Waals surface area contributed by atoms with Crippen molar-refractivity contribution >= 4 is 45.4 Å². The Labute approximate surface area is 180 Å². The number of hydrogen-bond acceptors (Lipinski definition) is 2. The average Bonchev–Trinajstić information content (AvgIpc) is 3.42. The number of fused-ring (bicyclic) bond motifs is 8. The van der Waals surface area contributed by atoms with Crippen LogP contribution in [0.2, 0.25) is 0 Å². The van der Waals surface area contributed by atoms with Gasteiger partial charge in [-0.25, -0.2) is 9.97 Å². The number of hydrogen-bond donors (Lipinski definition) is 2. The summed E-state index contributed by atoms with van der Waals surface area (Å²) < 4.78 is 0. The van der Waals surface area contributed by atoms with Crippen LogP contribution in [0.15, 0.2) is 36.4 Å². The van der Waals surface area contributed by atoms with Gasteiger partial charge in [0, 0.05) is 38.8 Å². The summed E-state index contributed by atoms with van der Waals surface area (Å²) in [7, 11) is 0. The van der Waals surface area contributed by atoms with Gasteiger partial charge in [-0.05, 0) is 98.5 Å². The molecule has 0 saturated heterocycles. The second-order valence-corrected chi connectivity index (χ2v) is 7.60. The first kappa shape index (κ1) is 19.4. The molecule has 0 amide bonds. The fourth-order valence-electron chi connectivity index (χ4n) is 3.95. The van der Waals surface area contributed by atoms with Gasteiger partial charge in [0.15, 0.2) is 0 Å². The molecular formula is C24H22CoN4. The smallest absolute Gasteiger partial charge is 0.0719 e. The van der Waals surface area contributed by atoms with Crippen LogP contribution in [0.25, 0.3) is 45.4 Å². The fourth-order valence-corrected chi connectivity index (χ4v) is 3.95. The predicted octanol–water partition coefficient (Wildman–Crippen LogP) is 6.05. The van der Waals surface area contributed by atoms with Crippen LogP contribution < -0.4 is 0 Å². The number of nitrogens with zero attached hydrogens (tertiary/aromatic N) is 2. The van der Waals surface area contributed by atoms with Crippen LogP contribution in [0.1, 0.15) is 47.8 Å². The zero-order valence-electron chi connectivity index (χ0n) is 16.8. The van der Waals surface area contributed by atoms with Crippen LogP contribution in [0, 0.1) is 13.8 Å². The molecule has 4 nitrogen and oxygen atoms in total. The van der Waals surface area contributed by atoms with Crippen LogP contribution in [-0.4, -0.2) is 19.9 Å². The van der Waals surface area contributed by atoms with Crippen LogP contribution >= 0.6 is 0 Å². The Hall–Kier alpha value is -2.89. The van der Waals surface area contributed by atoms with Gasteiger partial charge in [-0.15, -0.1) is 0 Å². The van der Waals surface area contributed by atoms with E-state index in [-0.39, 0.29) is 16.8 Å². The summed E-state index contributed by atoms with van der Waals surface area (Å²) in [5, 5.41) is 0. The Kier molecular flexibility index (Phi) is 4.80. The average molecular weight is 425 g/mol. The van der Waals surface area contributed by atoms with E-state index in [2.05, 4.69) is 74.1 Å². The van der Waals surface area contributed by atoms with Crippen molar-refractivity contribution in [1.82, 2.24) is 19.9 Å². The van der Waals surface area contributed by atoms with Gasteiger partial charge in [0.2, 0.25) is 0 Å². The standard InChI is InChI=1S/C24H22N4.Co/c1-13-9-21-11-19-6-5-17(25-19)10-18-7-8-20(26-18)12-22-14(2)15(3)24(28-22)16(4)23(13)27-21;/h5-12,25,27H,1-4H3;. The predicted molar refractivity (Wildman–Crippen MR) is 118 cm³/mol. The molecule has 29 heavy (non-hydrogen) atoms. The third-order valence-electron chi connectivity index (χ3n) is 5.61. The van der Waals surface area contributed by atoms with Gasteiger partial charge in [0.25, 0.3) is 0 Å². The van der Waals surface area contributed by atoms with E-state index < -0.39 is 0 Å². The summed E-state index contributed by atoms with van der Waals surface area (Å²) in [6, 6.07) is 12.6. The van der Waals surface area contributed by atoms with Crippen LogP contribution in [0.3, 0.4) is 0 Å². The number of nitrogens with one attached hydrogen (secondary N) is 2. The van der Waals surface area contributed by atoms with Crippen molar-refractivity contribution in [3.8, 4) is 0 Å². The largest absolute Gasteiger partial charge is 0.355 e. The molecule has 2 aliphatic heterocycles. The van der Waals surface area contributed by atoms with E-state index in [1.54, 1.807) is 0 Å². The molecule has 3 aromatic rings. The molecule has 0 unspecified atom stereocenters. The Morgan fingerprint density at radius 2 is 1.38 bits per heavy atom. The minimum absolute atomic E-state index is 0. The van der Waals surface area contributed by atoms with E-state index in [0.717, 1.165) is 44.8 Å². The molecule has 1 radical (unpaired) electrons. The SMILES string of the molecule is CC1=C(C)c2nc1cc1nc(cc3ccc(cc4cc(C)c([nH]4)c2C)[nH]3)C=C1.[Co]. The summed E-state index contributed by atoms with van der Waals surface area (Å²) in [6.45, 7) is 8.57. The van der Waals surface area contributed by atoms with Gasteiger partial charge < -0.3 is 9.97 Å². The van der Waals surface area contributed by atoms with Crippen molar-refractivity contribution in [3.63, 3.8) is 0 Å². The molecule has 147 valence electrons. The van der Waals surface area contributed by atoms with E-state index in [9.17, 15) is 0 Å². The maximum atomic E-state index is 4.96. The Balaban J connectivity index is 0.00000205. The first-order valence-electron chi connectivity index (χ1n) is 9.53. The third kappa shape index (κ3) is 3.37. The quantitative estimate of drug-likeness (QED) is 0.360. The van der Waals surface area contributed by atoms with Gasteiger partial charge in [0.1, 0.15) is 0 Å². The van der Waals surface area contributed by atoms with Crippen molar-refractivity contribution in [3.05, 3.63) is 70.3 Å². The summed E-state index contributed by atoms with van der Waals surface area (Å²) in [5.74, 6) is 0. The van der Waals surface area contributed by atoms with Gasteiger partial charge in [-0.1, -0.05) is 0 Å². The monoisotopic (exact) mass is 425 g/mol. The zero-order valence-corrected chi connectivity index (χ0v) is 17.9. The summed E-state index contributed by atoms with van der Waals surface area (Å²) in [5.41, 5.74) is 13.0. The van der Waals surface area contributed by atoms with Crippen molar-refractivity contribution in [2.24, 2.45) is 0 Å². The number of H-pyrrole nitrogens is 2. The maximum absolute atomic E-state index is 4.96. The number of aromatic amines is 2. The molecule has 0 atom stereocenters. The molecule has 0 aliphatic carbocycles. The van der Waals surface area contributed by atoms with Crippen LogP contribution in [-0.2, 0) is 16.8 Å². The molecule has 5 heterocycles. The maximum Gasteiger partial charge on any atom is 0.0719 e. The second kappa shape index (κ2) is 7.17. The summed E-state index contributed by atoms with van der Waals surface area (Å²) >= 11 is 0. The van der Waals surface area contributed by atoms with Gasteiger partial charge in [-0.2, -0.15) is 0 Å². The van der Waals surface area contributed by atoms with E-state index >= 15 is 0 Å².